The van der Waals surface area contributed by atoms with Gasteiger partial charge in [0.25, 0.3) is 5.91 Å². The van der Waals surface area contributed by atoms with Crippen LogP contribution in [0.1, 0.15) is 50.2 Å². The maximum atomic E-state index is 12.7. The molecule has 1 saturated heterocycles. The summed E-state index contributed by atoms with van der Waals surface area (Å²) in [6, 6.07) is 10.8. The second kappa shape index (κ2) is 8.13. The zero-order chi connectivity index (χ0) is 15.5. The van der Waals surface area contributed by atoms with Gasteiger partial charge in [-0.3, -0.25) is 4.79 Å². The van der Waals surface area contributed by atoms with Crippen LogP contribution in [-0.2, 0) is 9.53 Å². The van der Waals surface area contributed by atoms with Crippen molar-refractivity contribution in [3.8, 4) is 0 Å². The van der Waals surface area contributed by atoms with Crippen LogP contribution in [0.4, 0.5) is 0 Å². The van der Waals surface area contributed by atoms with Crippen molar-refractivity contribution in [1.82, 2.24) is 4.90 Å². The Hall–Kier alpha value is -1.10. The van der Waals surface area contributed by atoms with Crippen molar-refractivity contribution in [2.45, 2.75) is 62.8 Å². The van der Waals surface area contributed by atoms with Gasteiger partial charge in [-0.05, 0) is 44.1 Å². The van der Waals surface area contributed by atoms with Crippen LogP contribution < -0.4 is 5.73 Å². The Morgan fingerprint density at radius 3 is 2.39 bits per heavy atom. The Morgan fingerprint density at radius 2 is 1.74 bits per heavy atom. The summed E-state index contributed by atoms with van der Waals surface area (Å²) in [5.74, 6) is 0.138. The first kappa shape index (κ1) is 18.2. The van der Waals surface area contributed by atoms with E-state index >= 15 is 0 Å². The van der Waals surface area contributed by atoms with Gasteiger partial charge >= 0.3 is 0 Å². The highest BCUT2D eigenvalue weighted by molar-refractivity contribution is 5.85. The molecule has 1 aromatic rings. The summed E-state index contributed by atoms with van der Waals surface area (Å²) in [5.41, 5.74) is 7.12. The molecule has 3 rings (SSSR count). The maximum Gasteiger partial charge on any atom is 0.251 e. The van der Waals surface area contributed by atoms with Crippen LogP contribution in [-0.4, -0.2) is 36.0 Å². The summed E-state index contributed by atoms with van der Waals surface area (Å²) < 4.78 is 6.03. The quantitative estimate of drug-likeness (QED) is 0.921. The van der Waals surface area contributed by atoms with E-state index in [1.807, 2.05) is 30.1 Å². The van der Waals surface area contributed by atoms with E-state index in [2.05, 4.69) is 12.1 Å². The van der Waals surface area contributed by atoms with Crippen molar-refractivity contribution >= 4 is 18.3 Å². The van der Waals surface area contributed by atoms with E-state index in [4.69, 9.17) is 10.5 Å². The standard InChI is InChI=1S/C18H26N2O2.ClH/c1-20(15-9-7-14(19)8-10-15)18(21)17-12-11-16(22-17)13-5-3-2-4-6-13;/h2-6,14-17H,7-12,19H2,1H3;1H/t14?,15?,16-,17+;/m1./s1. The van der Waals surface area contributed by atoms with Crippen LogP contribution >= 0.6 is 12.4 Å². The Bertz CT molecular complexity index is 503. The van der Waals surface area contributed by atoms with E-state index in [1.165, 1.54) is 5.56 Å². The molecular weight excluding hydrogens is 312 g/mol. The molecule has 1 aliphatic heterocycles. The predicted molar refractivity (Wildman–Crippen MR) is 93.5 cm³/mol. The molecule has 2 atom stereocenters. The first-order valence-corrected chi connectivity index (χ1v) is 8.38. The molecule has 2 fully saturated rings. The molecule has 0 unspecified atom stereocenters. The molecule has 128 valence electrons. The molecule has 2 N–H and O–H groups in total. The van der Waals surface area contributed by atoms with Gasteiger partial charge in [-0.1, -0.05) is 30.3 Å². The van der Waals surface area contributed by atoms with Gasteiger partial charge in [-0.2, -0.15) is 0 Å². The van der Waals surface area contributed by atoms with Crippen LogP contribution in [0.15, 0.2) is 30.3 Å². The van der Waals surface area contributed by atoms with Gasteiger partial charge < -0.3 is 15.4 Å². The van der Waals surface area contributed by atoms with Crippen LogP contribution in [0.2, 0.25) is 0 Å². The maximum absolute atomic E-state index is 12.7. The fourth-order valence-corrected chi connectivity index (χ4v) is 3.63. The Labute approximate surface area is 144 Å². The topological polar surface area (TPSA) is 55.6 Å². The van der Waals surface area contributed by atoms with E-state index in [1.54, 1.807) is 0 Å². The normalized spacial score (nSPS) is 30.5. The molecule has 0 spiro atoms. The Kier molecular flexibility index (Phi) is 6.45. The molecule has 0 radical (unpaired) electrons. The molecule has 23 heavy (non-hydrogen) atoms. The number of carbonyl (C=O) groups excluding carboxylic acids is 1. The molecule has 1 aliphatic carbocycles. The summed E-state index contributed by atoms with van der Waals surface area (Å²) in [7, 11) is 1.92. The number of benzene rings is 1. The molecule has 1 saturated carbocycles. The number of rotatable bonds is 3. The van der Waals surface area contributed by atoms with Crippen molar-refractivity contribution in [1.29, 1.82) is 0 Å². The minimum Gasteiger partial charge on any atom is -0.360 e. The first-order chi connectivity index (χ1) is 10.6. The highest BCUT2D eigenvalue weighted by Crippen LogP contribution is 2.34. The number of hydrogen-bond donors (Lipinski definition) is 1. The van der Waals surface area contributed by atoms with Crippen molar-refractivity contribution in [3.05, 3.63) is 35.9 Å². The summed E-state index contributed by atoms with van der Waals surface area (Å²) in [6.45, 7) is 0. The Morgan fingerprint density at radius 1 is 1.09 bits per heavy atom. The summed E-state index contributed by atoms with van der Waals surface area (Å²) in [6.07, 6.45) is 5.56. The average Bonchev–Trinajstić information content (AvgIpc) is 3.05. The molecule has 1 heterocycles. The van der Waals surface area contributed by atoms with Gasteiger partial charge in [0.15, 0.2) is 0 Å². The molecule has 1 aromatic carbocycles. The summed E-state index contributed by atoms with van der Waals surface area (Å²) in [5, 5.41) is 0. The van der Waals surface area contributed by atoms with Crippen LogP contribution in [0.5, 0.6) is 0 Å². The molecular formula is C18H27ClN2O2. The van der Waals surface area contributed by atoms with Crippen LogP contribution in [0, 0.1) is 0 Å². The van der Waals surface area contributed by atoms with Crippen molar-refractivity contribution in [3.63, 3.8) is 0 Å². The van der Waals surface area contributed by atoms with Crippen LogP contribution in [0.25, 0.3) is 0 Å². The van der Waals surface area contributed by atoms with Crippen molar-refractivity contribution < 1.29 is 9.53 Å². The molecule has 0 bridgehead atoms. The van der Waals surface area contributed by atoms with Gasteiger partial charge in [-0.25, -0.2) is 0 Å². The number of halogens is 1. The van der Waals surface area contributed by atoms with E-state index in [0.29, 0.717) is 12.1 Å². The summed E-state index contributed by atoms with van der Waals surface area (Å²) >= 11 is 0. The van der Waals surface area contributed by atoms with Gasteiger partial charge in [0.1, 0.15) is 6.10 Å². The Balaban J connectivity index is 0.00000192. The van der Waals surface area contributed by atoms with Gasteiger partial charge in [0.05, 0.1) is 6.10 Å². The number of nitrogens with two attached hydrogens (primary N) is 1. The third-order valence-corrected chi connectivity index (χ3v) is 5.10. The van der Waals surface area contributed by atoms with Crippen LogP contribution in [0.3, 0.4) is 0 Å². The number of nitrogens with zero attached hydrogens (tertiary/aromatic N) is 1. The minimum absolute atomic E-state index is 0. The molecule has 2 aliphatic rings. The zero-order valence-electron chi connectivity index (χ0n) is 13.7. The lowest BCUT2D eigenvalue weighted by atomic mass is 9.90. The average molecular weight is 339 g/mol. The second-order valence-electron chi connectivity index (χ2n) is 6.62. The lowest BCUT2D eigenvalue weighted by Crippen LogP contribution is -2.45. The van der Waals surface area contributed by atoms with Gasteiger partial charge in [0, 0.05) is 19.1 Å². The van der Waals surface area contributed by atoms with E-state index in [-0.39, 0.29) is 30.5 Å². The minimum atomic E-state index is -0.286. The smallest absolute Gasteiger partial charge is 0.251 e. The third-order valence-electron chi connectivity index (χ3n) is 5.10. The van der Waals surface area contributed by atoms with Gasteiger partial charge in [-0.15, -0.1) is 12.4 Å². The number of carbonyl (C=O) groups is 1. The highest BCUT2D eigenvalue weighted by Gasteiger charge is 2.35. The van der Waals surface area contributed by atoms with Crippen molar-refractivity contribution in [2.24, 2.45) is 5.73 Å². The van der Waals surface area contributed by atoms with Gasteiger partial charge in [0.2, 0.25) is 0 Å². The molecule has 4 nitrogen and oxygen atoms in total. The zero-order valence-corrected chi connectivity index (χ0v) is 14.5. The lowest BCUT2D eigenvalue weighted by Gasteiger charge is -2.34. The second-order valence-corrected chi connectivity index (χ2v) is 6.62. The third kappa shape index (κ3) is 4.25. The first-order valence-electron chi connectivity index (χ1n) is 8.38. The monoisotopic (exact) mass is 338 g/mol. The predicted octanol–water partition coefficient (Wildman–Crippen LogP) is 3.06. The molecule has 5 heteroatoms. The number of amides is 1. The fourth-order valence-electron chi connectivity index (χ4n) is 3.63. The van der Waals surface area contributed by atoms with E-state index in [0.717, 1.165) is 38.5 Å². The largest absolute Gasteiger partial charge is 0.360 e. The SMILES string of the molecule is CN(C(=O)[C@@H]1CC[C@H](c2ccccc2)O1)C1CCC(N)CC1.Cl. The number of ether oxygens (including phenoxy) is 1. The number of hydrogen-bond acceptors (Lipinski definition) is 3. The van der Waals surface area contributed by atoms with E-state index < -0.39 is 0 Å². The highest BCUT2D eigenvalue weighted by atomic mass is 35.5. The number of likely N-dealkylation sites (N-methyl/N-ethyl adjacent to an activating group) is 1. The summed E-state index contributed by atoms with van der Waals surface area (Å²) in [4.78, 5) is 14.6. The lowest BCUT2D eigenvalue weighted by molar-refractivity contribution is -0.144. The molecule has 0 aromatic heterocycles. The fraction of sp³-hybridized carbons (Fsp3) is 0.611. The van der Waals surface area contributed by atoms with Crippen molar-refractivity contribution in [2.75, 3.05) is 7.05 Å². The van der Waals surface area contributed by atoms with E-state index in [9.17, 15) is 4.79 Å². The molecule has 1 amide bonds.